The van der Waals surface area contributed by atoms with Crippen LogP contribution in [0.2, 0.25) is 0 Å². The summed E-state index contributed by atoms with van der Waals surface area (Å²) >= 11 is 0. The molecule has 1 heterocycles. The first-order valence-electron chi connectivity index (χ1n) is 13.7. The van der Waals surface area contributed by atoms with E-state index < -0.39 is 6.04 Å². The standard InChI is InChI=1S/C30H45N5O3/c1-19(2)26(16-22(7)28(36)32-24-13-11-12-23(17-24)18-31)34(8)30(38)27(20(3)4)33-29(37)25-14-9-10-15-35(25)21(5)6/h11-13,16-17,19-21,25-27H,9-10,14-15H2,1-8H3,(H,32,36)(H,33,37)/b22-16+/t25-,26-,27+/m1/s1. The molecule has 1 fully saturated rings. The van der Waals surface area contributed by atoms with Crippen LogP contribution in [0.4, 0.5) is 5.69 Å². The summed E-state index contributed by atoms with van der Waals surface area (Å²) in [5, 5.41) is 15.0. The second kappa shape index (κ2) is 14.1. The first-order valence-corrected chi connectivity index (χ1v) is 13.7. The number of hydrogen-bond acceptors (Lipinski definition) is 5. The van der Waals surface area contributed by atoms with Crippen LogP contribution in [0.15, 0.2) is 35.9 Å². The van der Waals surface area contributed by atoms with Crippen LogP contribution in [0.3, 0.4) is 0 Å². The molecule has 1 aromatic rings. The van der Waals surface area contributed by atoms with Gasteiger partial charge in [-0.2, -0.15) is 5.26 Å². The molecule has 0 saturated carbocycles. The molecule has 1 aliphatic rings. The molecule has 0 aromatic heterocycles. The number of hydrogen-bond donors (Lipinski definition) is 2. The number of amides is 3. The van der Waals surface area contributed by atoms with E-state index in [9.17, 15) is 14.4 Å². The number of benzene rings is 1. The third kappa shape index (κ3) is 8.16. The normalized spacial score (nSPS) is 18.2. The van der Waals surface area contributed by atoms with Gasteiger partial charge in [0.05, 0.1) is 23.7 Å². The van der Waals surface area contributed by atoms with E-state index in [2.05, 4.69) is 35.5 Å². The molecule has 3 amide bonds. The average Bonchev–Trinajstić information content (AvgIpc) is 2.88. The highest BCUT2D eigenvalue weighted by Crippen LogP contribution is 2.22. The molecule has 2 N–H and O–H groups in total. The van der Waals surface area contributed by atoms with Gasteiger partial charge in [0.25, 0.3) is 5.91 Å². The van der Waals surface area contributed by atoms with Gasteiger partial charge in [0.2, 0.25) is 11.8 Å². The molecule has 0 spiro atoms. The number of likely N-dealkylation sites (N-methyl/N-ethyl adjacent to an activating group) is 1. The Balaban J connectivity index is 2.19. The predicted octanol–water partition coefficient (Wildman–Crippen LogP) is 4.33. The Bertz CT molecular complexity index is 1060. The number of piperidine rings is 1. The Hall–Kier alpha value is -3.18. The summed E-state index contributed by atoms with van der Waals surface area (Å²) < 4.78 is 0. The van der Waals surface area contributed by atoms with Crippen molar-refractivity contribution in [3.05, 3.63) is 41.5 Å². The molecular weight excluding hydrogens is 478 g/mol. The number of carbonyl (C=O) groups excluding carboxylic acids is 3. The van der Waals surface area contributed by atoms with Crippen molar-refractivity contribution in [2.45, 2.75) is 91.9 Å². The van der Waals surface area contributed by atoms with Crippen LogP contribution in [0.25, 0.3) is 0 Å². The predicted molar refractivity (Wildman–Crippen MR) is 151 cm³/mol. The quantitative estimate of drug-likeness (QED) is 0.444. The molecule has 0 unspecified atom stereocenters. The molecule has 8 nitrogen and oxygen atoms in total. The van der Waals surface area contributed by atoms with Crippen LogP contribution in [0.5, 0.6) is 0 Å². The average molecular weight is 524 g/mol. The van der Waals surface area contributed by atoms with Crippen molar-refractivity contribution in [3.8, 4) is 6.07 Å². The van der Waals surface area contributed by atoms with Gasteiger partial charge in [-0.25, -0.2) is 0 Å². The van der Waals surface area contributed by atoms with Gasteiger partial charge >= 0.3 is 0 Å². The first kappa shape index (κ1) is 31.0. The summed E-state index contributed by atoms with van der Waals surface area (Å²) in [5.41, 5.74) is 1.46. The second-order valence-electron chi connectivity index (χ2n) is 11.3. The molecule has 2 rings (SSSR count). The third-order valence-electron chi connectivity index (χ3n) is 7.25. The molecule has 0 bridgehead atoms. The van der Waals surface area contributed by atoms with Crippen LogP contribution in [0, 0.1) is 23.2 Å². The summed E-state index contributed by atoms with van der Waals surface area (Å²) in [6.45, 7) is 14.7. The minimum absolute atomic E-state index is 0.0342. The highest BCUT2D eigenvalue weighted by Gasteiger charge is 2.36. The van der Waals surface area contributed by atoms with Crippen LogP contribution in [-0.2, 0) is 14.4 Å². The smallest absolute Gasteiger partial charge is 0.251 e. The van der Waals surface area contributed by atoms with Gasteiger partial charge < -0.3 is 15.5 Å². The van der Waals surface area contributed by atoms with E-state index in [1.807, 2.05) is 27.7 Å². The molecule has 1 aromatic carbocycles. The lowest BCUT2D eigenvalue weighted by Crippen LogP contribution is -2.58. The van der Waals surface area contributed by atoms with Crippen molar-refractivity contribution in [3.63, 3.8) is 0 Å². The largest absolute Gasteiger partial charge is 0.343 e. The zero-order chi connectivity index (χ0) is 28.6. The maximum atomic E-state index is 13.7. The Morgan fingerprint density at radius 2 is 1.79 bits per heavy atom. The Morgan fingerprint density at radius 3 is 2.37 bits per heavy atom. The highest BCUT2D eigenvalue weighted by atomic mass is 16.2. The van der Waals surface area contributed by atoms with E-state index in [4.69, 9.17) is 5.26 Å². The number of nitriles is 1. The van der Waals surface area contributed by atoms with E-state index in [0.29, 0.717) is 16.8 Å². The number of nitrogens with zero attached hydrogens (tertiary/aromatic N) is 3. The lowest BCUT2D eigenvalue weighted by molar-refractivity contribution is -0.140. The van der Waals surface area contributed by atoms with Crippen molar-refractivity contribution in [2.75, 3.05) is 18.9 Å². The first-order chi connectivity index (χ1) is 17.9. The number of anilines is 1. The van der Waals surface area contributed by atoms with Crippen LogP contribution in [0.1, 0.15) is 73.3 Å². The van der Waals surface area contributed by atoms with Crippen LogP contribution >= 0.6 is 0 Å². The third-order valence-corrected chi connectivity index (χ3v) is 7.25. The molecule has 1 saturated heterocycles. The SMILES string of the molecule is C/C(=C\[C@H](C(C)C)N(C)C(=O)[C@@H](NC(=O)[C@H]1CCCCN1C(C)C)C(C)C)C(=O)Nc1cccc(C#N)c1. The van der Waals surface area contributed by atoms with Gasteiger partial charge in [0, 0.05) is 24.4 Å². The molecule has 38 heavy (non-hydrogen) atoms. The lowest BCUT2D eigenvalue weighted by atomic mass is 9.95. The van der Waals surface area contributed by atoms with Gasteiger partial charge in [0.15, 0.2) is 0 Å². The number of rotatable bonds is 10. The highest BCUT2D eigenvalue weighted by molar-refractivity contribution is 6.03. The van der Waals surface area contributed by atoms with Gasteiger partial charge in [-0.1, -0.05) is 46.3 Å². The van der Waals surface area contributed by atoms with E-state index in [1.165, 1.54) is 0 Å². The fraction of sp³-hybridized carbons (Fsp3) is 0.600. The van der Waals surface area contributed by atoms with E-state index in [-0.39, 0.29) is 47.7 Å². The van der Waals surface area contributed by atoms with Gasteiger partial charge in [0.1, 0.15) is 6.04 Å². The van der Waals surface area contributed by atoms with Crippen molar-refractivity contribution in [1.82, 2.24) is 15.1 Å². The van der Waals surface area contributed by atoms with Crippen LogP contribution < -0.4 is 10.6 Å². The maximum Gasteiger partial charge on any atom is 0.251 e. The van der Waals surface area contributed by atoms with Gasteiger partial charge in [-0.05, 0) is 70.2 Å². The summed E-state index contributed by atoms with van der Waals surface area (Å²) in [6.07, 6.45) is 4.68. The Kier molecular flexibility index (Phi) is 11.5. The number of nitrogens with one attached hydrogen (secondary N) is 2. The van der Waals surface area contributed by atoms with E-state index >= 15 is 0 Å². The molecular formula is C30H45N5O3. The topological polar surface area (TPSA) is 106 Å². The molecule has 1 aliphatic heterocycles. The van der Waals surface area contributed by atoms with E-state index in [1.54, 1.807) is 49.2 Å². The molecule has 3 atom stereocenters. The van der Waals surface area contributed by atoms with Crippen molar-refractivity contribution < 1.29 is 14.4 Å². The number of carbonyl (C=O) groups is 3. The fourth-order valence-corrected chi connectivity index (χ4v) is 4.96. The minimum atomic E-state index is -0.666. The molecule has 8 heteroatoms. The monoisotopic (exact) mass is 523 g/mol. The maximum absolute atomic E-state index is 13.7. The lowest BCUT2D eigenvalue weighted by Gasteiger charge is -2.39. The zero-order valence-corrected chi connectivity index (χ0v) is 24.2. The zero-order valence-electron chi connectivity index (χ0n) is 24.2. The summed E-state index contributed by atoms with van der Waals surface area (Å²) in [6, 6.07) is 7.81. The van der Waals surface area contributed by atoms with Crippen molar-refractivity contribution in [2.24, 2.45) is 11.8 Å². The van der Waals surface area contributed by atoms with Crippen molar-refractivity contribution in [1.29, 1.82) is 5.26 Å². The summed E-state index contributed by atoms with van der Waals surface area (Å²) in [5.74, 6) is -0.632. The second-order valence-corrected chi connectivity index (χ2v) is 11.3. The number of likely N-dealkylation sites (tertiary alicyclic amines) is 1. The minimum Gasteiger partial charge on any atom is -0.343 e. The van der Waals surface area contributed by atoms with Crippen LogP contribution in [-0.4, -0.2) is 65.3 Å². The fourth-order valence-electron chi connectivity index (χ4n) is 4.96. The van der Waals surface area contributed by atoms with Gasteiger partial charge in [-0.3, -0.25) is 19.3 Å². The van der Waals surface area contributed by atoms with Gasteiger partial charge in [-0.15, -0.1) is 0 Å². The Morgan fingerprint density at radius 1 is 1.11 bits per heavy atom. The molecule has 208 valence electrons. The summed E-state index contributed by atoms with van der Waals surface area (Å²) in [7, 11) is 1.73. The summed E-state index contributed by atoms with van der Waals surface area (Å²) in [4.78, 5) is 43.8. The van der Waals surface area contributed by atoms with Crippen molar-refractivity contribution >= 4 is 23.4 Å². The molecule has 0 aliphatic carbocycles. The molecule has 0 radical (unpaired) electrons. The van der Waals surface area contributed by atoms with E-state index in [0.717, 1.165) is 25.8 Å². The Labute approximate surface area is 228 Å².